The third-order valence-corrected chi connectivity index (χ3v) is 5.25. The molecule has 1 atom stereocenters. The Morgan fingerprint density at radius 2 is 1.75 bits per heavy atom. The number of carbonyl (C=O) groups is 1. The highest BCUT2D eigenvalue weighted by Crippen LogP contribution is 2.29. The lowest BCUT2D eigenvalue weighted by Crippen LogP contribution is -2.54. The molecule has 1 aliphatic heterocycles. The lowest BCUT2D eigenvalue weighted by atomic mass is 9.82. The summed E-state index contributed by atoms with van der Waals surface area (Å²) in [5, 5.41) is 0. The average Bonchev–Trinajstić information content (AvgIpc) is 2.49. The zero-order valence-electron chi connectivity index (χ0n) is 13.2. The van der Waals surface area contributed by atoms with Crippen molar-refractivity contribution in [3.05, 3.63) is 0 Å². The molecule has 2 fully saturated rings. The maximum Gasteiger partial charge on any atom is 0.225 e. The summed E-state index contributed by atoms with van der Waals surface area (Å²) < 4.78 is 0. The van der Waals surface area contributed by atoms with Gasteiger partial charge in [-0.2, -0.15) is 0 Å². The first-order chi connectivity index (χ1) is 9.65. The van der Waals surface area contributed by atoms with Gasteiger partial charge in [-0.3, -0.25) is 9.69 Å². The highest BCUT2D eigenvalue weighted by molar-refractivity contribution is 5.79. The molecular formula is C16H31N3O. The van der Waals surface area contributed by atoms with Crippen molar-refractivity contribution in [2.45, 2.75) is 52.0 Å². The molecule has 4 nitrogen and oxygen atoms in total. The second-order valence-corrected chi connectivity index (χ2v) is 6.62. The maximum atomic E-state index is 12.6. The molecule has 20 heavy (non-hydrogen) atoms. The van der Waals surface area contributed by atoms with Crippen molar-refractivity contribution in [1.29, 1.82) is 0 Å². The fourth-order valence-electron chi connectivity index (χ4n) is 3.65. The number of nitrogens with zero attached hydrogens (tertiary/aromatic N) is 2. The number of nitrogens with two attached hydrogens (primary N) is 1. The summed E-state index contributed by atoms with van der Waals surface area (Å²) in [6.07, 6.45) is 5.75. The molecule has 0 aromatic heterocycles. The summed E-state index contributed by atoms with van der Waals surface area (Å²) in [5.41, 5.74) is 5.82. The van der Waals surface area contributed by atoms with Gasteiger partial charge < -0.3 is 10.6 Å². The number of amides is 1. The van der Waals surface area contributed by atoms with Crippen molar-refractivity contribution >= 4 is 5.91 Å². The summed E-state index contributed by atoms with van der Waals surface area (Å²) in [5.74, 6) is 1.53. The normalized spacial score (nSPS) is 30.2. The average molecular weight is 281 g/mol. The Morgan fingerprint density at radius 1 is 1.15 bits per heavy atom. The minimum Gasteiger partial charge on any atom is -0.340 e. The Balaban J connectivity index is 1.79. The molecule has 0 spiro atoms. The fourth-order valence-corrected chi connectivity index (χ4v) is 3.65. The van der Waals surface area contributed by atoms with Gasteiger partial charge >= 0.3 is 0 Å². The zero-order valence-corrected chi connectivity index (χ0v) is 13.2. The Bertz CT molecular complexity index is 301. The molecule has 1 aliphatic carbocycles. The van der Waals surface area contributed by atoms with Crippen molar-refractivity contribution < 1.29 is 4.79 Å². The van der Waals surface area contributed by atoms with Crippen molar-refractivity contribution in [3.63, 3.8) is 0 Å². The molecule has 0 aromatic carbocycles. The van der Waals surface area contributed by atoms with Crippen LogP contribution in [0.3, 0.4) is 0 Å². The molecular weight excluding hydrogens is 250 g/mol. The quantitative estimate of drug-likeness (QED) is 0.853. The van der Waals surface area contributed by atoms with Crippen LogP contribution in [0, 0.1) is 11.8 Å². The first kappa shape index (κ1) is 15.8. The van der Waals surface area contributed by atoms with Gasteiger partial charge in [-0.25, -0.2) is 0 Å². The van der Waals surface area contributed by atoms with Crippen LogP contribution in [-0.4, -0.2) is 54.5 Å². The van der Waals surface area contributed by atoms with E-state index in [1.54, 1.807) is 0 Å². The highest BCUT2D eigenvalue weighted by Gasteiger charge is 2.30. The highest BCUT2D eigenvalue weighted by atomic mass is 16.2. The molecule has 0 bridgehead atoms. The van der Waals surface area contributed by atoms with Gasteiger partial charge in [0.15, 0.2) is 0 Å². The SMILES string of the molecule is CCC(CN)N1CCN(C(=O)C2CCC(C)CC2)CC1. The molecule has 0 radical (unpaired) electrons. The maximum absolute atomic E-state index is 12.6. The molecule has 1 saturated carbocycles. The summed E-state index contributed by atoms with van der Waals surface area (Å²) in [6.45, 7) is 8.98. The number of piperazine rings is 1. The molecule has 116 valence electrons. The van der Waals surface area contributed by atoms with Crippen LogP contribution in [-0.2, 0) is 4.79 Å². The summed E-state index contributed by atoms with van der Waals surface area (Å²) in [6, 6.07) is 0.489. The summed E-state index contributed by atoms with van der Waals surface area (Å²) in [4.78, 5) is 17.1. The standard InChI is InChI=1S/C16H31N3O/c1-3-15(12-17)18-8-10-19(11-9-18)16(20)14-6-4-13(2)5-7-14/h13-15H,3-12,17H2,1-2H3. The van der Waals surface area contributed by atoms with Gasteiger partial charge in [-0.05, 0) is 38.0 Å². The van der Waals surface area contributed by atoms with Crippen LogP contribution in [0.2, 0.25) is 0 Å². The zero-order chi connectivity index (χ0) is 14.5. The van der Waals surface area contributed by atoms with Crippen molar-refractivity contribution in [2.24, 2.45) is 17.6 Å². The third-order valence-electron chi connectivity index (χ3n) is 5.25. The monoisotopic (exact) mass is 281 g/mol. The van der Waals surface area contributed by atoms with E-state index in [0.29, 0.717) is 17.9 Å². The van der Waals surface area contributed by atoms with E-state index in [1.165, 1.54) is 12.8 Å². The van der Waals surface area contributed by atoms with Crippen LogP contribution in [0.4, 0.5) is 0 Å². The van der Waals surface area contributed by atoms with E-state index in [2.05, 4.69) is 23.6 Å². The fraction of sp³-hybridized carbons (Fsp3) is 0.938. The second-order valence-electron chi connectivity index (χ2n) is 6.62. The number of hydrogen-bond acceptors (Lipinski definition) is 3. The molecule has 2 aliphatic rings. The predicted molar refractivity (Wildman–Crippen MR) is 82.4 cm³/mol. The molecule has 4 heteroatoms. The second kappa shape index (κ2) is 7.41. The molecule has 1 unspecified atom stereocenters. The van der Waals surface area contributed by atoms with E-state index < -0.39 is 0 Å². The van der Waals surface area contributed by atoms with Crippen LogP contribution in [0.15, 0.2) is 0 Å². The Hall–Kier alpha value is -0.610. The van der Waals surface area contributed by atoms with Crippen LogP contribution in [0.25, 0.3) is 0 Å². The van der Waals surface area contributed by atoms with Crippen molar-refractivity contribution in [1.82, 2.24) is 9.80 Å². The summed E-state index contributed by atoms with van der Waals surface area (Å²) >= 11 is 0. The van der Waals surface area contributed by atoms with Gasteiger partial charge in [0.05, 0.1) is 0 Å². The van der Waals surface area contributed by atoms with E-state index >= 15 is 0 Å². The lowest BCUT2D eigenvalue weighted by molar-refractivity contribution is -0.138. The van der Waals surface area contributed by atoms with Crippen LogP contribution in [0.1, 0.15) is 46.0 Å². The van der Waals surface area contributed by atoms with E-state index in [1.807, 2.05) is 0 Å². The smallest absolute Gasteiger partial charge is 0.225 e. The number of hydrogen-bond donors (Lipinski definition) is 1. The predicted octanol–water partition coefficient (Wildman–Crippen LogP) is 1.69. The molecule has 1 heterocycles. The van der Waals surface area contributed by atoms with Gasteiger partial charge in [0.2, 0.25) is 5.91 Å². The van der Waals surface area contributed by atoms with E-state index in [-0.39, 0.29) is 0 Å². The molecule has 0 aromatic rings. The largest absolute Gasteiger partial charge is 0.340 e. The Morgan fingerprint density at radius 3 is 2.25 bits per heavy atom. The minimum atomic E-state index is 0.300. The lowest BCUT2D eigenvalue weighted by Gasteiger charge is -2.40. The van der Waals surface area contributed by atoms with Crippen molar-refractivity contribution in [3.8, 4) is 0 Å². The number of rotatable bonds is 4. The van der Waals surface area contributed by atoms with Crippen LogP contribution >= 0.6 is 0 Å². The molecule has 2 rings (SSSR count). The molecule has 1 saturated heterocycles. The third kappa shape index (κ3) is 3.73. The van der Waals surface area contributed by atoms with Crippen LogP contribution in [0.5, 0.6) is 0 Å². The van der Waals surface area contributed by atoms with Crippen molar-refractivity contribution in [2.75, 3.05) is 32.7 Å². The van der Waals surface area contributed by atoms with Gasteiger partial charge in [0.1, 0.15) is 0 Å². The first-order valence-corrected chi connectivity index (χ1v) is 8.38. The van der Waals surface area contributed by atoms with E-state index in [9.17, 15) is 4.79 Å². The van der Waals surface area contributed by atoms with Gasteiger partial charge in [0, 0.05) is 44.7 Å². The Labute approximate surface area is 123 Å². The molecule has 2 N–H and O–H groups in total. The first-order valence-electron chi connectivity index (χ1n) is 8.38. The van der Waals surface area contributed by atoms with Crippen LogP contribution < -0.4 is 5.73 Å². The summed E-state index contributed by atoms with van der Waals surface area (Å²) in [7, 11) is 0. The minimum absolute atomic E-state index is 0.300. The van der Waals surface area contributed by atoms with E-state index in [4.69, 9.17) is 5.73 Å². The van der Waals surface area contributed by atoms with Gasteiger partial charge in [-0.1, -0.05) is 13.8 Å². The molecule has 1 amide bonds. The van der Waals surface area contributed by atoms with E-state index in [0.717, 1.165) is 57.9 Å². The Kier molecular flexibility index (Phi) is 5.85. The number of carbonyl (C=O) groups excluding carboxylic acids is 1. The van der Waals surface area contributed by atoms with Gasteiger partial charge in [0.25, 0.3) is 0 Å². The topological polar surface area (TPSA) is 49.6 Å². The van der Waals surface area contributed by atoms with Gasteiger partial charge in [-0.15, -0.1) is 0 Å².